The molecule has 3 aromatic carbocycles. The first-order valence-electron chi connectivity index (χ1n) is 12.4. The molecule has 2 heterocycles. The summed E-state index contributed by atoms with van der Waals surface area (Å²) in [4.78, 5) is 54.9. The van der Waals surface area contributed by atoms with Crippen LogP contribution in [0.5, 0.6) is 5.75 Å². The number of β-lactam (4-membered cyclic amide) rings is 1. The lowest BCUT2D eigenvalue weighted by atomic mass is 9.96. The molecule has 3 amide bonds. The van der Waals surface area contributed by atoms with Crippen molar-refractivity contribution in [2.45, 2.75) is 31.3 Å². The van der Waals surface area contributed by atoms with Gasteiger partial charge in [0.25, 0.3) is 5.91 Å². The van der Waals surface area contributed by atoms with Crippen LogP contribution in [-0.2, 0) is 36.9 Å². The van der Waals surface area contributed by atoms with Gasteiger partial charge in [0.15, 0.2) is 6.61 Å². The number of halogens is 1. The zero-order valence-electron chi connectivity index (χ0n) is 20.9. The third kappa shape index (κ3) is 5.88. The summed E-state index contributed by atoms with van der Waals surface area (Å²) in [5, 5.41) is 3.22. The molecule has 9 nitrogen and oxygen atoms in total. The van der Waals surface area contributed by atoms with Crippen LogP contribution in [0.3, 0.4) is 0 Å². The minimum absolute atomic E-state index is 0.000918. The minimum atomic E-state index is -1.22. The Morgan fingerprint density at radius 3 is 2.26 bits per heavy atom. The Morgan fingerprint density at radius 1 is 0.897 bits per heavy atom. The highest BCUT2D eigenvalue weighted by Gasteiger charge is 2.61. The number of nitrogens with zero attached hydrogens (tertiary/aromatic N) is 2. The maximum absolute atomic E-state index is 13.3. The molecular formula is C29H26ClN3O6. The second-order valence-corrected chi connectivity index (χ2v) is 9.71. The molecule has 2 fully saturated rings. The van der Waals surface area contributed by atoms with Crippen LogP contribution in [0.2, 0.25) is 5.02 Å². The molecule has 0 aliphatic carbocycles. The van der Waals surface area contributed by atoms with Gasteiger partial charge >= 0.3 is 5.97 Å². The lowest BCUT2D eigenvalue weighted by Gasteiger charge is -2.43. The fraction of sp³-hybridized carbons (Fsp3) is 0.241. The largest absolute Gasteiger partial charge is 0.484 e. The number of ether oxygens (including phenoxy) is 2. The summed E-state index contributed by atoms with van der Waals surface area (Å²) in [6.07, 6.45) is -1.21. The Labute approximate surface area is 230 Å². The zero-order chi connectivity index (χ0) is 27.4. The Bertz CT molecular complexity index is 1350. The summed E-state index contributed by atoms with van der Waals surface area (Å²) in [5.41, 5.74) is 1.49. The number of para-hydroxylation sites is 1. The smallest absolute Gasteiger partial charge is 0.350 e. The molecule has 2 aliphatic heterocycles. The van der Waals surface area contributed by atoms with Crippen LogP contribution in [0, 0.1) is 0 Å². The monoisotopic (exact) mass is 547 g/mol. The van der Waals surface area contributed by atoms with Crippen molar-refractivity contribution in [3.05, 3.63) is 101 Å². The van der Waals surface area contributed by atoms with Crippen molar-refractivity contribution < 1.29 is 28.7 Å². The Hall–Kier alpha value is -4.37. The van der Waals surface area contributed by atoms with E-state index < -0.39 is 36.0 Å². The van der Waals surface area contributed by atoms with E-state index in [-0.39, 0.29) is 32.1 Å². The lowest BCUT2D eigenvalue weighted by molar-refractivity contribution is -0.170. The molecule has 0 bridgehead atoms. The molecule has 2 saturated heterocycles. The van der Waals surface area contributed by atoms with Crippen LogP contribution in [-0.4, -0.2) is 64.9 Å². The van der Waals surface area contributed by atoms with Gasteiger partial charge in [0.1, 0.15) is 18.4 Å². The van der Waals surface area contributed by atoms with Crippen molar-refractivity contribution in [2.75, 3.05) is 13.2 Å². The minimum Gasteiger partial charge on any atom is -0.484 e. The predicted molar refractivity (Wildman–Crippen MR) is 141 cm³/mol. The van der Waals surface area contributed by atoms with Gasteiger partial charge in [-0.15, -0.1) is 0 Å². The van der Waals surface area contributed by atoms with E-state index in [0.717, 1.165) is 5.56 Å². The van der Waals surface area contributed by atoms with Crippen LogP contribution in [0.4, 0.5) is 0 Å². The third-order valence-electron chi connectivity index (χ3n) is 6.66. The predicted octanol–water partition coefficient (Wildman–Crippen LogP) is 2.57. The van der Waals surface area contributed by atoms with Crippen molar-refractivity contribution in [3.8, 4) is 5.75 Å². The van der Waals surface area contributed by atoms with E-state index in [1.165, 1.54) is 9.80 Å². The van der Waals surface area contributed by atoms with Crippen molar-refractivity contribution in [2.24, 2.45) is 0 Å². The number of nitrogens with one attached hydrogen (secondary N) is 1. The fourth-order valence-corrected chi connectivity index (χ4v) is 4.84. The van der Waals surface area contributed by atoms with E-state index >= 15 is 0 Å². The van der Waals surface area contributed by atoms with E-state index in [0.29, 0.717) is 16.3 Å². The highest BCUT2D eigenvalue weighted by Crippen LogP contribution is 2.34. The molecule has 0 spiro atoms. The van der Waals surface area contributed by atoms with Crippen molar-refractivity contribution in [3.63, 3.8) is 0 Å². The molecule has 39 heavy (non-hydrogen) atoms. The first kappa shape index (κ1) is 26.2. The Kier molecular flexibility index (Phi) is 7.79. The summed E-state index contributed by atoms with van der Waals surface area (Å²) in [5.74, 6) is -1.48. The molecule has 0 aromatic heterocycles. The number of benzene rings is 3. The number of hydrogen-bond donors (Lipinski definition) is 1. The average Bonchev–Trinajstić information content (AvgIpc) is 3.32. The molecule has 2 unspecified atom stereocenters. The highest BCUT2D eigenvalue weighted by molar-refractivity contribution is 6.30. The van der Waals surface area contributed by atoms with Crippen molar-refractivity contribution in [1.29, 1.82) is 0 Å². The second-order valence-electron chi connectivity index (χ2n) is 9.28. The Balaban J connectivity index is 1.28. The number of fused-ring (bicyclic) bond motifs is 1. The average molecular weight is 548 g/mol. The van der Waals surface area contributed by atoms with Crippen LogP contribution < -0.4 is 10.1 Å². The molecule has 3 aromatic rings. The maximum Gasteiger partial charge on any atom is 0.350 e. The van der Waals surface area contributed by atoms with Gasteiger partial charge in [0.2, 0.25) is 18.0 Å². The Morgan fingerprint density at radius 2 is 1.56 bits per heavy atom. The normalized spacial score (nSPS) is 19.6. The number of hydrogen-bond acceptors (Lipinski definition) is 6. The first-order chi connectivity index (χ1) is 18.9. The molecule has 3 atom stereocenters. The molecule has 5 rings (SSSR count). The van der Waals surface area contributed by atoms with E-state index in [1.54, 1.807) is 48.5 Å². The van der Waals surface area contributed by atoms with Crippen LogP contribution in [0.1, 0.15) is 11.1 Å². The molecule has 2 aliphatic rings. The quantitative estimate of drug-likeness (QED) is 0.326. The molecule has 0 radical (unpaired) electrons. The van der Waals surface area contributed by atoms with Gasteiger partial charge in [-0.2, -0.15) is 0 Å². The number of amides is 3. The van der Waals surface area contributed by atoms with Gasteiger partial charge < -0.3 is 24.6 Å². The first-order valence-corrected chi connectivity index (χ1v) is 12.8. The van der Waals surface area contributed by atoms with Crippen molar-refractivity contribution in [1.82, 2.24) is 15.1 Å². The second kappa shape index (κ2) is 11.6. The number of carbonyl (C=O) groups is 4. The highest BCUT2D eigenvalue weighted by atomic mass is 35.5. The third-order valence-corrected chi connectivity index (χ3v) is 6.91. The SMILES string of the molecule is O=C(COc1ccccc1)N[C@@H]1C(=O)N2C1CN(C(=O)Cc1ccc(Cl)cc1)C2C(=O)OCc1ccccc1. The molecule has 1 N–H and O–H groups in total. The van der Waals surface area contributed by atoms with E-state index in [9.17, 15) is 19.2 Å². The maximum atomic E-state index is 13.3. The standard InChI is InChI=1S/C29H26ClN3O6/c30-21-13-11-19(12-14-21)15-25(35)32-16-23-26(31-24(34)18-38-22-9-5-2-6-10-22)28(36)33(23)27(32)29(37)39-17-20-7-3-1-4-8-20/h1-14,23,26-27H,15-18H2,(H,31,34)/t23?,26-,27?/m0/s1. The van der Waals surface area contributed by atoms with Gasteiger partial charge in [-0.1, -0.05) is 72.3 Å². The molecule has 10 heteroatoms. The lowest BCUT2D eigenvalue weighted by Crippen LogP contribution is -2.71. The topological polar surface area (TPSA) is 105 Å². The zero-order valence-corrected chi connectivity index (χ0v) is 21.6. The van der Waals surface area contributed by atoms with Gasteiger partial charge in [-0.3, -0.25) is 14.4 Å². The number of carbonyl (C=O) groups excluding carboxylic acids is 4. The fourth-order valence-electron chi connectivity index (χ4n) is 4.71. The van der Waals surface area contributed by atoms with Crippen LogP contribution in [0.15, 0.2) is 84.9 Å². The summed E-state index contributed by atoms with van der Waals surface area (Å²) < 4.78 is 11.0. The molecular weight excluding hydrogens is 522 g/mol. The van der Waals surface area contributed by atoms with E-state index in [2.05, 4.69) is 5.32 Å². The number of esters is 1. The van der Waals surface area contributed by atoms with Gasteiger partial charge in [0, 0.05) is 11.6 Å². The summed E-state index contributed by atoms with van der Waals surface area (Å²) in [6, 6.07) is 23.3. The molecule has 0 saturated carbocycles. The van der Waals surface area contributed by atoms with E-state index in [4.69, 9.17) is 21.1 Å². The van der Waals surface area contributed by atoms with Gasteiger partial charge in [-0.25, -0.2) is 4.79 Å². The summed E-state index contributed by atoms with van der Waals surface area (Å²) in [7, 11) is 0. The van der Waals surface area contributed by atoms with Crippen molar-refractivity contribution >= 4 is 35.3 Å². The summed E-state index contributed by atoms with van der Waals surface area (Å²) in [6.45, 7) is -0.199. The summed E-state index contributed by atoms with van der Waals surface area (Å²) >= 11 is 5.96. The number of rotatable bonds is 9. The van der Waals surface area contributed by atoms with Gasteiger partial charge in [0.05, 0.1) is 12.5 Å². The van der Waals surface area contributed by atoms with E-state index in [1.807, 2.05) is 36.4 Å². The van der Waals surface area contributed by atoms with Crippen LogP contribution >= 0.6 is 11.6 Å². The van der Waals surface area contributed by atoms with Gasteiger partial charge in [-0.05, 0) is 35.4 Å². The molecule has 200 valence electrons. The van der Waals surface area contributed by atoms with Crippen LogP contribution in [0.25, 0.3) is 0 Å².